The van der Waals surface area contributed by atoms with Crippen LogP contribution in [0.3, 0.4) is 0 Å². The van der Waals surface area contributed by atoms with Gasteiger partial charge in [0.25, 0.3) is 0 Å². The third-order valence-corrected chi connectivity index (χ3v) is 1.20. The van der Waals surface area contributed by atoms with E-state index in [9.17, 15) is 0 Å². The molecular formula is C5H2N4. The molecule has 0 saturated carbocycles. The van der Waals surface area contributed by atoms with Gasteiger partial charge in [0.15, 0.2) is 0 Å². The van der Waals surface area contributed by atoms with Gasteiger partial charge >= 0.3 is 0 Å². The summed E-state index contributed by atoms with van der Waals surface area (Å²) in [6.07, 6.45) is 0. The fraction of sp³-hybridized carbons (Fsp3) is 0.400. The van der Waals surface area contributed by atoms with Gasteiger partial charge in [-0.1, -0.05) is 0 Å². The maximum Gasteiger partial charge on any atom is 0.223 e. The molecule has 1 unspecified atom stereocenters. The third kappa shape index (κ3) is 0.530. The van der Waals surface area contributed by atoms with Crippen LogP contribution in [-0.4, -0.2) is 11.6 Å². The minimum Gasteiger partial charge on any atom is -0.266 e. The van der Waals surface area contributed by atoms with Crippen molar-refractivity contribution >= 4 is 0 Å². The van der Waals surface area contributed by atoms with E-state index in [4.69, 9.17) is 15.8 Å². The number of nitriles is 3. The highest BCUT2D eigenvalue weighted by molar-refractivity contribution is 5.43. The first-order valence-corrected chi connectivity index (χ1v) is 2.29. The number of hydrogen-bond acceptors (Lipinski definition) is 4. The van der Waals surface area contributed by atoms with Gasteiger partial charge in [0.2, 0.25) is 5.54 Å². The van der Waals surface area contributed by atoms with Crippen LogP contribution in [-0.2, 0) is 0 Å². The van der Waals surface area contributed by atoms with Crippen LogP contribution in [0.4, 0.5) is 0 Å². The van der Waals surface area contributed by atoms with Crippen LogP contribution in [0.25, 0.3) is 0 Å². The summed E-state index contributed by atoms with van der Waals surface area (Å²) >= 11 is 0. The molecule has 9 heavy (non-hydrogen) atoms. The lowest BCUT2D eigenvalue weighted by molar-refractivity contribution is 1.00. The Bertz CT molecular complexity index is 234. The fourth-order valence-electron chi connectivity index (χ4n) is 0.534. The van der Waals surface area contributed by atoms with Crippen LogP contribution >= 0.6 is 0 Å². The molecule has 0 aromatic heterocycles. The normalized spacial score (nSPS) is 27.0. The summed E-state index contributed by atoms with van der Waals surface area (Å²) < 4.78 is 0. The number of nitrogens with zero attached hydrogens (tertiary/aromatic N) is 3. The average Bonchev–Trinajstić information content (AvgIpc) is 2.63. The van der Waals surface area contributed by atoms with Gasteiger partial charge in [0.1, 0.15) is 18.2 Å². The number of hydrogen-bond donors (Lipinski definition) is 1. The summed E-state index contributed by atoms with van der Waals surface area (Å²) in [4.78, 5) is 0. The largest absolute Gasteiger partial charge is 0.266 e. The molecule has 1 N–H and O–H groups in total. The zero-order valence-electron chi connectivity index (χ0n) is 4.42. The molecule has 1 aliphatic rings. The molecule has 1 rings (SSSR count). The van der Waals surface area contributed by atoms with Gasteiger partial charge in [-0.05, 0) is 0 Å². The van der Waals surface area contributed by atoms with E-state index in [0.29, 0.717) is 0 Å². The predicted molar refractivity (Wildman–Crippen MR) is 26.5 cm³/mol. The summed E-state index contributed by atoms with van der Waals surface area (Å²) in [5, 5.41) is 27.2. The van der Waals surface area contributed by atoms with Gasteiger partial charge in [-0.25, -0.2) is 0 Å². The van der Waals surface area contributed by atoms with Gasteiger partial charge < -0.3 is 0 Å². The quantitative estimate of drug-likeness (QED) is 0.424. The van der Waals surface area contributed by atoms with E-state index >= 15 is 0 Å². The van der Waals surface area contributed by atoms with Crippen molar-refractivity contribution in [2.24, 2.45) is 0 Å². The molecular weight excluding hydrogens is 116 g/mol. The first-order valence-electron chi connectivity index (χ1n) is 2.29. The van der Waals surface area contributed by atoms with E-state index in [1.165, 1.54) is 0 Å². The Morgan fingerprint density at radius 2 is 1.78 bits per heavy atom. The third-order valence-electron chi connectivity index (χ3n) is 1.20. The molecule has 42 valence electrons. The highest BCUT2D eigenvalue weighted by Crippen LogP contribution is 2.23. The molecule has 4 heteroatoms. The second-order valence-corrected chi connectivity index (χ2v) is 1.74. The van der Waals surface area contributed by atoms with E-state index < -0.39 is 11.6 Å². The van der Waals surface area contributed by atoms with Crippen molar-refractivity contribution < 1.29 is 0 Å². The van der Waals surface area contributed by atoms with Crippen LogP contribution < -0.4 is 5.32 Å². The second-order valence-electron chi connectivity index (χ2n) is 1.74. The summed E-state index contributed by atoms with van der Waals surface area (Å²) in [5.41, 5.74) is -1.20. The monoisotopic (exact) mass is 118 g/mol. The zero-order valence-corrected chi connectivity index (χ0v) is 4.42. The summed E-state index contributed by atoms with van der Waals surface area (Å²) in [6, 6.07) is 4.60. The Labute approximate surface area is 51.9 Å². The SMILES string of the molecule is N#CC1NC1(C#N)C#N. The molecule has 1 aliphatic heterocycles. The van der Waals surface area contributed by atoms with Gasteiger partial charge in [0.05, 0.1) is 6.07 Å². The molecule has 1 heterocycles. The topological polar surface area (TPSA) is 93.3 Å². The molecule has 0 amide bonds. The number of nitrogens with one attached hydrogen (secondary N) is 1. The Hall–Kier alpha value is -1.57. The molecule has 4 nitrogen and oxygen atoms in total. The lowest BCUT2D eigenvalue weighted by Crippen LogP contribution is -2.08. The van der Waals surface area contributed by atoms with Crippen LogP contribution in [0.1, 0.15) is 0 Å². The molecule has 0 bridgehead atoms. The standard InChI is InChI=1S/C5H2N4/c6-1-4-5(2-7,3-8)9-4/h4,9H. The molecule has 1 fully saturated rings. The molecule has 1 saturated heterocycles. The van der Waals surface area contributed by atoms with Crippen molar-refractivity contribution in [1.82, 2.24) is 5.32 Å². The first kappa shape index (κ1) is 5.56. The van der Waals surface area contributed by atoms with Crippen molar-refractivity contribution in [2.75, 3.05) is 0 Å². The zero-order chi connectivity index (χ0) is 6.91. The van der Waals surface area contributed by atoms with Gasteiger partial charge in [-0.3, -0.25) is 5.32 Å². The highest BCUT2D eigenvalue weighted by atomic mass is 15.2. The van der Waals surface area contributed by atoms with Gasteiger partial charge in [-0.15, -0.1) is 0 Å². The summed E-state index contributed by atoms with van der Waals surface area (Å²) in [7, 11) is 0. The van der Waals surface area contributed by atoms with E-state index in [1.807, 2.05) is 0 Å². The van der Waals surface area contributed by atoms with Crippen LogP contribution in [0.2, 0.25) is 0 Å². The van der Waals surface area contributed by atoms with Crippen molar-refractivity contribution in [3.8, 4) is 18.2 Å². The van der Waals surface area contributed by atoms with Crippen molar-refractivity contribution in [3.63, 3.8) is 0 Å². The molecule has 1 atom stereocenters. The molecule has 0 aromatic carbocycles. The van der Waals surface area contributed by atoms with Crippen molar-refractivity contribution in [3.05, 3.63) is 0 Å². The predicted octanol–water partition coefficient (Wildman–Crippen LogP) is -0.732. The molecule has 0 aliphatic carbocycles. The van der Waals surface area contributed by atoms with E-state index in [2.05, 4.69) is 5.32 Å². The minimum absolute atomic E-state index is 0.590. The lowest BCUT2D eigenvalue weighted by Gasteiger charge is -1.79. The summed E-state index contributed by atoms with van der Waals surface area (Å²) in [5.74, 6) is 0. The minimum atomic E-state index is -1.20. The summed E-state index contributed by atoms with van der Waals surface area (Å²) in [6.45, 7) is 0. The average molecular weight is 118 g/mol. The van der Waals surface area contributed by atoms with Crippen LogP contribution in [0.5, 0.6) is 0 Å². The lowest BCUT2D eigenvalue weighted by atomic mass is 10.1. The van der Waals surface area contributed by atoms with Gasteiger partial charge in [-0.2, -0.15) is 15.8 Å². The van der Waals surface area contributed by atoms with Gasteiger partial charge in [0, 0.05) is 0 Å². The first-order chi connectivity index (χ1) is 4.29. The Kier molecular flexibility index (Phi) is 0.897. The maximum atomic E-state index is 8.27. The number of rotatable bonds is 0. The van der Waals surface area contributed by atoms with E-state index in [0.717, 1.165) is 0 Å². The van der Waals surface area contributed by atoms with Crippen molar-refractivity contribution in [2.45, 2.75) is 11.6 Å². The maximum absolute atomic E-state index is 8.27. The Morgan fingerprint density at radius 3 is 1.89 bits per heavy atom. The Balaban J connectivity index is 2.78. The highest BCUT2D eigenvalue weighted by Gasteiger charge is 2.56. The van der Waals surface area contributed by atoms with E-state index in [-0.39, 0.29) is 0 Å². The second kappa shape index (κ2) is 1.45. The van der Waals surface area contributed by atoms with Crippen molar-refractivity contribution in [1.29, 1.82) is 15.8 Å². The fourth-order valence-corrected chi connectivity index (χ4v) is 0.534. The smallest absolute Gasteiger partial charge is 0.223 e. The molecule has 0 radical (unpaired) electrons. The van der Waals surface area contributed by atoms with Crippen LogP contribution in [0.15, 0.2) is 0 Å². The van der Waals surface area contributed by atoms with Crippen LogP contribution in [0, 0.1) is 34.0 Å². The molecule has 0 aromatic rings. The molecule has 0 spiro atoms. The van der Waals surface area contributed by atoms with E-state index in [1.54, 1.807) is 18.2 Å². The Morgan fingerprint density at radius 1 is 1.22 bits per heavy atom.